The molecule has 1 aliphatic carbocycles. The van der Waals surface area contributed by atoms with Gasteiger partial charge in [-0.15, -0.1) is 11.3 Å². The molecule has 2 aromatic rings. The van der Waals surface area contributed by atoms with Gasteiger partial charge >= 0.3 is 6.03 Å². The van der Waals surface area contributed by atoms with Crippen LogP contribution in [0.15, 0.2) is 41.8 Å². The van der Waals surface area contributed by atoms with E-state index < -0.39 is 11.6 Å². The molecule has 5 rings (SSSR count). The molecule has 162 valence electrons. The molecule has 1 N–H and O–H groups in total. The number of likely N-dealkylation sites (tertiary alicyclic amines) is 1. The topological polar surface area (TPSA) is 69.7 Å². The Bertz CT molecular complexity index is 997. The molecular formula is C24H27N3O3S. The molecule has 1 aromatic carbocycles. The molecule has 0 saturated carbocycles. The van der Waals surface area contributed by atoms with Crippen molar-refractivity contribution in [2.24, 2.45) is 5.92 Å². The third-order valence-electron chi connectivity index (χ3n) is 6.96. The van der Waals surface area contributed by atoms with Crippen molar-refractivity contribution in [3.05, 3.63) is 57.8 Å². The van der Waals surface area contributed by atoms with Crippen LogP contribution in [0.3, 0.4) is 0 Å². The summed E-state index contributed by atoms with van der Waals surface area (Å²) in [6.07, 6.45) is 5.31. The maximum Gasteiger partial charge on any atom is 0.325 e. The zero-order chi connectivity index (χ0) is 21.4. The van der Waals surface area contributed by atoms with Gasteiger partial charge < -0.3 is 10.2 Å². The standard InChI is InChI=1S/C24H27N3O3S/c28-21(26-12-8-18(9-13-26)15-17-5-2-1-3-6-17)16-27-22(29)24(25-23(27)30)11-4-7-20-19(24)10-14-31-20/h1-3,5-6,10,14,18H,4,7-9,11-13,15-16H2,(H,25,30)/t24-/m0/s1. The molecule has 31 heavy (non-hydrogen) atoms. The molecule has 0 radical (unpaired) electrons. The van der Waals surface area contributed by atoms with E-state index in [1.54, 1.807) is 11.3 Å². The first kappa shape index (κ1) is 20.2. The second-order valence-electron chi connectivity index (χ2n) is 8.85. The summed E-state index contributed by atoms with van der Waals surface area (Å²) in [5, 5.41) is 4.90. The Kier molecular flexibility index (Phi) is 5.30. The van der Waals surface area contributed by atoms with E-state index in [1.165, 1.54) is 5.56 Å². The third kappa shape index (κ3) is 3.65. The fraction of sp³-hybridized carbons (Fsp3) is 0.458. The summed E-state index contributed by atoms with van der Waals surface area (Å²) >= 11 is 1.63. The molecule has 1 atom stereocenters. The van der Waals surface area contributed by atoms with Crippen molar-refractivity contribution in [2.75, 3.05) is 19.6 Å². The van der Waals surface area contributed by atoms with Crippen molar-refractivity contribution in [1.82, 2.24) is 15.1 Å². The highest BCUT2D eigenvalue weighted by atomic mass is 32.1. The number of carbonyl (C=O) groups excluding carboxylic acids is 3. The summed E-state index contributed by atoms with van der Waals surface area (Å²) in [5.74, 6) is 0.148. The number of amides is 4. The van der Waals surface area contributed by atoms with Gasteiger partial charge in [-0.25, -0.2) is 4.79 Å². The molecule has 1 aromatic heterocycles. The van der Waals surface area contributed by atoms with E-state index in [2.05, 4.69) is 29.6 Å². The molecule has 0 unspecified atom stereocenters. The molecule has 3 aliphatic rings. The van der Waals surface area contributed by atoms with E-state index in [4.69, 9.17) is 0 Å². The molecule has 4 amide bonds. The van der Waals surface area contributed by atoms with E-state index in [0.29, 0.717) is 25.4 Å². The van der Waals surface area contributed by atoms with E-state index in [1.807, 2.05) is 22.4 Å². The number of imide groups is 1. The lowest BCUT2D eigenvalue weighted by Gasteiger charge is -2.33. The average molecular weight is 438 g/mol. The van der Waals surface area contributed by atoms with Gasteiger partial charge in [0.15, 0.2) is 0 Å². The molecule has 2 aliphatic heterocycles. The summed E-state index contributed by atoms with van der Waals surface area (Å²) < 4.78 is 0. The molecular weight excluding hydrogens is 410 g/mol. The van der Waals surface area contributed by atoms with Crippen molar-refractivity contribution in [2.45, 2.75) is 44.1 Å². The number of piperidine rings is 1. The van der Waals surface area contributed by atoms with Crippen molar-refractivity contribution in [1.29, 1.82) is 0 Å². The van der Waals surface area contributed by atoms with Crippen LogP contribution in [0, 0.1) is 5.92 Å². The van der Waals surface area contributed by atoms with Crippen LogP contribution in [-0.4, -0.2) is 47.3 Å². The van der Waals surface area contributed by atoms with Gasteiger partial charge in [0.2, 0.25) is 5.91 Å². The van der Waals surface area contributed by atoms with Gasteiger partial charge in [0, 0.05) is 23.5 Å². The SMILES string of the molecule is O=C(CN1C(=O)N[C@]2(CCCc3sccc32)C1=O)N1CCC(Cc2ccccc2)CC1. The quantitative estimate of drug-likeness (QED) is 0.746. The molecule has 1 spiro atoms. The second kappa shape index (κ2) is 8.11. The lowest BCUT2D eigenvalue weighted by Crippen LogP contribution is -2.48. The number of aryl methyl sites for hydroxylation is 1. The number of fused-ring (bicyclic) bond motifs is 2. The molecule has 2 saturated heterocycles. The first-order valence-electron chi connectivity index (χ1n) is 11.1. The fourth-order valence-corrected chi connectivity index (χ4v) is 6.25. The maximum atomic E-state index is 13.3. The van der Waals surface area contributed by atoms with Crippen molar-refractivity contribution >= 4 is 29.2 Å². The Morgan fingerprint density at radius 3 is 2.68 bits per heavy atom. The van der Waals surface area contributed by atoms with Gasteiger partial charge in [-0.1, -0.05) is 30.3 Å². The fourth-order valence-electron chi connectivity index (χ4n) is 5.25. The van der Waals surface area contributed by atoms with Crippen molar-refractivity contribution in [3.8, 4) is 0 Å². The lowest BCUT2D eigenvalue weighted by molar-refractivity contribution is -0.140. The van der Waals surface area contributed by atoms with Crippen LogP contribution in [0.2, 0.25) is 0 Å². The predicted octanol–water partition coefficient (Wildman–Crippen LogP) is 3.31. The zero-order valence-corrected chi connectivity index (χ0v) is 18.3. The van der Waals surface area contributed by atoms with Gasteiger partial charge in [0.25, 0.3) is 5.91 Å². The van der Waals surface area contributed by atoms with E-state index >= 15 is 0 Å². The van der Waals surface area contributed by atoms with Gasteiger partial charge in [-0.2, -0.15) is 0 Å². The summed E-state index contributed by atoms with van der Waals surface area (Å²) in [5.41, 5.74) is 1.27. The Hall–Kier alpha value is -2.67. The van der Waals surface area contributed by atoms with Crippen LogP contribution in [0.5, 0.6) is 0 Å². The first-order chi connectivity index (χ1) is 15.1. The number of thiophene rings is 1. The third-order valence-corrected chi connectivity index (χ3v) is 7.95. The maximum absolute atomic E-state index is 13.3. The molecule has 0 bridgehead atoms. The highest BCUT2D eigenvalue weighted by Crippen LogP contribution is 2.42. The van der Waals surface area contributed by atoms with Gasteiger partial charge in [0.05, 0.1) is 0 Å². The van der Waals surface area contributed by atoms with Crippen LogP contribution < -0.4 is 5.32 Å². The largest absolute Gasteiger partial charge is 0.341 e. The monoisotopic (exact) mass is 437 g/mol. The number of benzene rings is 1. The molecule has 7 heteroatoms. The highest BCUT2D eigenvalue weighted by molar-refractivity contribution is 7.10. The Balaban J connectivity index is 1.21. The van der Waals surface area contributed by atoms with E-state index in [9.17, 15) is 14.4 Å². The van der Waals surface area contributed by atoms with Crippen LogP contribution in [0.25, 0.3) is 0 Å². The number of hydrogen-bond donors (Lipinski definition) is 1. The summed E-state index contributed by atoms with van der Waals surface area (Å²) in [6, 6.07) is 11.9. The number of nitrogens with zero attached hydrogens (tertiary/aromatic N) is 2. The summed E-state index contributed by atoms with van der Waals surface area (Å²) in [6.45, 7) is 1.19. The van der Waals surface area contributed by atoms with Gasteiger partial charge in [-0.3, -0.25) is 14.5 Å². The second-order valence-corrected chi connectivity index (χ2v) is 9.85. The van der Waals surface area contributed by atoms with Gasteiger partial charge in [0.1, 0.15) is 12.1 Å². The summed E-state index contributed by atoms with van der Waals surface area (Å²) in [4.78, 5) is 43.0. The van der Waals surface area contributed by atoms with E-state index in [0.717, 1.165) is 47.4 Å². The molecule has 3 heterocycles. The summed E-state index contributed by atoms with van der Waals surface area (Å²) in [7, 11) is 0. The number of urea groups is 1. The highest BCUT2D eigenvalue weighted by Gasteiger charge is 2.54. The minimum atomic E-state index is -0.979. The molecule has 2 fully saturated rings. The molecule has 6 nitrogen and oxygen atoms in total. The number of hydrogen-bond acceptors (Lipinski definition) is 4. The van der Waals surface area contributed by atoms with Crippen LogP contribution in [0.4, 0.5) is 4.79 Å². The first-order valence-corrected chi connectivity index (χ1v) is 12.0. The van der Waals surface area contributed by atoms with Crippen molar-refractivity contribution < 1.29 is 14.4 Å². The Labute approximate surface area is 186 Å². The Morgan fingerprint density at radius 2 is 1.90 bits per heavy atom. The smallest absolute Gasteiger partial charge is 0.325 e. The zero-order valence-electron chi connectivity index (χ0n) is 17.5. The van der Waals surface area contributed by atoms with Crippen molar-refractivity contribution in [3.63, 3.8) is 0 Å². The average Bonchev–Trinajstić information content (AvgIpc) is 3.36. The predicted molar refractivity (Wildman–Crippen MR) is 119 cm³/mol. The number of nitrogens with one attached hydrogen (secondary N) is 1. The number of carbonyl (C=O) groups is 3. The van der Waals surface area contributed by atoms with Crippen LogP contribution >= 0.6 is 11.3 Å². The normalized spacial score (nSPS) is 23.9. The van der Waals surface area contributed by atoms with E-state index in [-0.39, 0.29) is 18.4 Å². The van der Waals surface area contributed by atoms with Gasteiger partial charge in [-0.05, 0) is 61.5 Å². The van der Waals surface area contributed by atoms with Crippen LogP contribution in [0.1, 0.15) is 41.7 Å². The lowest BCUT2D eigenvalue weighted by atomic mass is 9.80. The Morgan fingerprint density at radius 1 is 1.13 bits per heavy atom. The minimum absolute atomic E-state index is 0.139. The number of rotatable bonds is 4. The van der Waals surface area contributed by atoms with Crippen LogP contribution in [-0.2, 0) is 28.0 Å². The minimum Gasteiger partial charge on any atom is -0.341 e.